The van der Waals surface area contributed by atoms with Crippen molar-refractivity contribution in [3.63, 3.8) is 0 Å². The molecule has 0 aliphatic carbocycles. The van der Waals surface area contributed by atoms with Crippen LogP contribution in [-0.2, 0) is 4.79 Å². The first-order valence-electron chi connectivity index (χ1n) is 12.1. The smallest absolute Gasteiger partial charge is 0.239 e. The molecule has 1 saturated heterocycles. The van der Waals surface area contributed by atoms with Gasteiger partial charge in [-0.15, -0.1) is 10.2 Å². The van der Waals surface area contributed by atoms with Crippen LogP contribution in [0.3, 0.4) is 0 Å². The van der Waals surface area contributed by atoms with Gasteiger partial charge in [0.2, 0.25) is 11.1 Å². The van der Waals surface area contributed by atoms with E-state index < -0.39 is 0 Å². The molecule has 178 valence electrons. The zero-order valence-corrected chi connectivity index (χ0v) is 20.7. The molecule has 4 atom stereocenters. The van der Waals surface area contributed by atoms with Gasteiger partial charge >= 0.3 is 0 Å². The van der Waals surface area contributed by atoms with Crippen molar-refractivity contribution >= 4 is 17.7 Å². The maximum atomic E-state index is 14.0. The van der Waals surface area contributed by atoms with Gasteiger partial charge in [-0.2, -0.15) is 0 Å². The fourth-order valence-electron chi connectivity index (χ4n) is 5.01. The molecule has 1 amide bonds. The van der Waals surface area contributed by atoms with E-state index in [1.165, 1.54) is 18.2 Å². The molecule has 2 aliphatic rings. The van der Waals surface area contributed by atoms with Crippen LogP contribution in [0.5, 0.6) is 5.75 Å². The predicted molar refractivity (Wildman–Crippen MR) is 134 cm³/mol. The summed E-state index contributed by atoms with van der Waals surface area (Å²) in [6.45, 7) is 6.92. The first-order chi connectivity index (χ1) is 16.6. The molecule has 0 spiro atoms. The first kappa shape index (κ1) is 22.8. The molecule has 0 saturated carbocycles. The van der Waals surface area contributed by atoms with Crippen molar-refractivity contribution in [1.82, 2.24) is 19.8 Å². The topological polar surface area (TPSA) is 72.3 Å². The second kappa shape index (κ2) is 9.70. The standard InChI is InChI=1S/C26H31N5O2S/c1-4-33-21-15-13-19(14-16-21)22-23(25(32)30-17(2)9-8-10-18(30)3)34-26-28-27-24(31(26)29-22)20-11-6-5-7-12-20/h5-7,11-18,22-23,29H,4,8-10H2,1-3H3/t17-,18-,22+,23+/m1/s1. The van der Waals surface area contributed by atoms with Crippen LogP contribution in [0.2, 0.25) is 0 Å². The Balaban J connectivity index is 1.53. The van der Waals surface area contributed by atoms with Crippen molar-refractivity contribution < 1.29 is 9.53 Å². The van der Waals surface area contributed by atoms with Crippen molar-refractivity contribution in [2.75, 3.05) is 12.0 Å². The lowest BCUT2D eigenvalue weighted by Crippen LogP contribution is -2.53. The molecule has 0 bridgehead atoms. The highest BCUT2D eigenvalue weighted by Gasteiger charge is 2.42. The van der Waals surface area contributed by atoms with Crippen LogP contribution in [0.4, 0.5) is 0 Å². The van der Waals surface area contributed by atoms with E-state index in [4.69, 9.17) is 4.74 Å². The minimum absolute atomic E-state index is 0.159. The van der Waals surface area contributed by atoms with E-state index in [1.807, 2.05) is 66.2 Å². The Morgan fingerprint density at radius 1 is 1.06 bits per heavy atom. The Morgan fingerprint density at radius 3 is 2.44 bits per heavy atom. The summed E-state index contributed by atoms with van der Waals surface area (Å²) < 4.78 is 7.57. The minimum atomic E-state index is -0.346. The van der Waals surface area contributed by atoms with Gasteiger partial charge in [0.1, 0.15) is 11.0 Å². The van der Waals surface area contributed by atoms with Crippen molar-refractivity contribution in [2.45, 2.75) is 68.6 Å². The second-order valence-corrected chi connectivity index (χ2v) is 10.1. The van der Waals surface area contributed by atoms with Crippen LogP contribution < -0.4 is 10.2 Å². The van der Waals surface area contributed by atoms with Gasteiger partial charge in [-0.25, -0.2) is 4.68 Å². The maximum absolute atomic E-state index is 14.0. The Kier molecular flexibility index (Phi) is 6.50. The van der Waals surface area contributed by atoms with Gasteiger partial charge < -0.3 is 15.1 Å². The highest BCUT2D eigenvalue weighted by atomic mass is 32.2. The number of carbonyl (C=O) groups is 1. The maximum Gasteiger partial charge on any atom is 0.239 e. The molecular formula is C26H31N5O2S. The number of rotatable bonds is 5. The van der Waals surface area contributed by atoms with E-state index in [1.54, 1.807) is 0 Å². The molecule has 3 heterocycles. The van der Waals surface area contributed by atoms with Crippen molar-refractivity contribution in [2.24, 2.45) is 0 Å². The number of ether oxygens (including phenoxy) is 1. The van der Waals surface area contributed by atoms with Gasteiger partial charge in [-0.3, -0.25) is 4.79 Å². The van der Waals surface area contributed by atoms with E-state index in [0.717, 1.165) is 35.5 Å². The van der Waals surface area contributed by atoms with Crippen LogP contribution in [-0.4, -0.2) is 49.6 Å². The summed E-state index contributed by atoms with van der Waals surface area (Å²) in [6, 6.07) is 18.3. The van der Waals surface area contributed by atoms with Gasteiger partial charge in [0.25, 0.3) is 0 Å². The van der Waals surface area contributed by atoms with Crippen molar-refractivity contribution in [1.29, 1.82) is 0 Å². The number of hydrogen-bond donors (Lipinski definition) is 1. The molecule has 1 N–H and O–H groups in total. The van der Waals surface area contributed by atoms with Crippen LogP contribution in [0, 0.1) is 0 Å². The zero-order valence-electron chi connectivity index (χ0n) is 19.8. The quantitative estimate of drug-likeness (QED) is 0.564. The van der Waals surface area contributed by atoms with E-state index in [-0.39, 0.29) is 29.3 Å². The van der Waals surface area contributed by atoms with Gasteiger partial charge in [-0.1, -0.05) is 54.2 Å². The van der Waals surface area contributed by atoms with E-state index in [9.17, 15) is 4.79 Å². The molecule has 0 unspecified atom stereocenters. The molecule has 3 aromatic rings. The first-order valence-corrected chi connectivity index (χ1v) is 12.9. The normalized spacial score (nSPS) is 24.3. The third kappa shape index (κ3) is 4.27. The lowest BCUT2D eigenvalue weighted by atomic mass is 9.95. The van der Waals surface area contributed by atoms with Crippen LogP contribution >= 0.6 is 11.8 Å². The lowest BCUT2D eigenvalue weighted by Gasteiger charge is -2.43. The molecule has 7 nitrogen and oxygen atoms in total. The molecule has 1 aromatic heterocycles. The Hall–Kier alpha value is -3.00. The number of amides is 1. The third-order valence-electron chi connectivity index (χ3n) is 6.71. The lowest BCUT2D eigenvalue weighted by molar-refractivity contribution is -0.137. The molecule has 0 radical (unpaired) electrons. The molecule has 2 aliphatic heterocycles. The minimum Gasteiger partial charge on any atom is -0.494 e. The molecular weight excluding hydrogens is 446 g/mol. The van der Waals surface area contributed by atoms with Crippen LogP contribution in [0.25, 0.3) is 11.4 Å². The van der Waals surface area contributed by atoms with Crippen molar-refractivity contribution in [3.05, 3.63) is 60.2 Å². The number of nitrogens with one attached hydrogen (secondary N) is 1. The summed E-state index contributed by atoms with van der Waals surface area (Å²) in [4.78, 5) is 16.1. The fourth-order valence-corrected chi connectivity index (χ4v) is 6.14. The van der Waals surface area contributed by atoms with E-state index >= 15 is 0 Å². The summed E-state index contributed by atoms with van der Waals surface area (Å²) >= 11 is 1.50. The number of nitrogens with zero attached hydrogens (tertiary/aromatic N) is 4. The summed E-state index contributed by atoms with van der Waals surface area (Å²) in [5, 5.41) is 9.25. The van der Waals surface area contributed by atoms with E-state index in [0.29, 0.717) is 11.8 Å². The summed E-state index contributed by atoms with van der Waals surface area (Å²) in [6.07, 6.45) is 3.26. The number of piperidine rings is 1. The molecule has 1 fully saturated rings. The SMILES string of the molecule is CCOc1ccc([C@@H]2Nn3c(nnc3-c3ccccc3)S[C@@H]2C(=O)N2[C@H](C)CCC[C@H]2C)cc1. The van der Waals surface area contributed by atoms with Gasteiger partial charge in [0.05, 0.1) is 12.6 Å². The largest absolute Gasteiger partial charge is 0.494 e. The summed E-state index contributed by atoms with van der Waals surface area (Å²) in [5.74, 6) is 1.72. The monoisotopic (exact) mass is 477 g/mol. The highest BCUT2D eigenvalue weighted by molar-refractivity contribution is 8.00. The molecule has 8 heteroatoms. The summed E-state index contributed by atoms with van der Waals surface area (Å²) in [5.41, 5.74) is 5.60. The summed E-state index contributed by atoms with van der Waals surface area (Å²) in [7, 11) is 0. The number of thioether (sulfide) groups is 1. The number of hydrogen-bond acceptors (Lipinski definition) is 6. The molecule has 34 heavy (non-hydrogen) atoms. The van der Waals surface area contributed by atoms with Gasteiger partial charge in [-0.05, 0) is 57.7 Å². The predicted octanol–water partition coefficient (Wildman–Crippen LogP) is 4.89. The zero-order chi connectivity index (χ0) is 23.7. The van der Waals surface area contributed by atoms with Crippen LogP contribution in [0.15, 0.2) is 59.8 Å². The van der Waals surface area contributed by atoms with Crippen LogP contribution in [0.1, 0.15) is 51.6 Å². The third-order valence-corrected chi connectivity index (χ3v) is 7.91. The number of likely N-dealkylation sites (tertiary alicyclic amines) is 1. The second-order valence-electron chi connectivity index (χ2n) is 9.03. The Morgan fingerprint density at radius 2 is 1.76 bits per heavy atom. The highest BCUT2D eigenvalue weighted by Crippen LogP contribution is 2.41. The number of carbonyl (C=O) groups excluding carboxylic acids is 1. The average molecular weight is 478 g/mol. The number of fused-ring (bicyclic) bond motifs is 1. The number of benzene rings is 2. The van der Waals surface area contributed by atoms with Gasteiger partial charge in [0, 0.05) is 17.6 Å². The number of aromatic nitrogens is 3. The molecule has 2 aromatic carbocycles. The Labute approximate surface area is 204 Å². The van der Waals surface area contributed by atoms with Gasteiger partial charge in [0.15, 0.2) is 5.82 Å². The molecule has 5 rings (SSSR count). The fraction of sp³-hybridized carbons (Fsp3) is 0.423. The average Bonchev–Trinajstić information content (AvgIpc) is 3.27. The van der Waals surface area contributed by atoms with Crippen molar-refractivity contribution in [3.8, 4) is 17.1 Å². The Bertz CT molecular complexity index is 1120. The van der Waals surface area contributed by atoms with E-state index in [2.05, 4.69) is 34.4 Å².